The fourth-order valence-electron chi connectivity index (χ4n) is 2.57. The molecule has 0 fully saturated rings. The Labute approximate surface area is 162 Å². The van der Waals surface area contributed by atoms with E-state index < -0.39 is 5.91 Å². The van der Waals surface area contributed by atoms with Gasteiger partial charge in [0.2, 0.25) is 0 Å². The number of aryl methyl sites for hydroxylation is 1. The van der Waals surface area contributed by atoms with Gasteiger partial charge in [-0.1, -0.05) is 37.1 Å². The molecule has 0 aliphatic heterocycles. The predicted molar refractivity (Wildman–Crippen MR) is 105 cm³/mol. The second kappa shape index (κ2) is 8.64. The van der Waals surface area contributed by atoms with Gasteiger partial charge in [-0.2, -0.15) is 0 Å². The number of benzene rings is 2. The molecule has 0 spiro atoms. The van der Waals surface area contributed by atoms with Crippen molar-refractivity contribution in [2.75, 3.05) is 5.32 Å². The Kier molecular flexibility index (Phi) is 6.04. The molecule has 0 atom stereocenters. The molecular weight excluding hydrogens is 366 g/mol. The number of carbonyl (C=O) groups is 1. The van der Waals surface area contributed by atoms with Crippen molar-refractivity contribution < 1.29 is 19.1 Å². The number of phenolic OH excluding ortho intramolecular Hbond substituents is 1. The average Bonchev–Trinajstić information content (AvgIpc) is 3.14. The monoisotopic (exact) mass is 385 g/mol. The van der Waals surface area contributed by atoms with Crippen LogP contribution >= 0.6 is 11.6 Å². The van der Waals surface area contributed by atoms with E-state index in [1.165, 1.54) is 23.8 Å². The summed E-state index contributed by atoms with van der Waals surface area (Å²) in [5, 5.41) is 12.7. The molecule has 1 heterocycles. The number of nitrogens with one attached hydrogen (secondary N) is 1. The maximum absolute atomic E-state index is 12.3. The SMILES string of the molecule is CCCc1ccc(OCc2ccc(C(=O)Nc3cc(Cl)ccc3O)o2)cc1. The van der Waals surface area contributed by atoms with Gasteiger partial charge in [-0.05, 0) is 54.4 Å². The van der Waals surface area contributed by atoms with Crippen LogP contribution in [0.2, 0.25) is 5.02 Å². The molecule has 2 N–H and O–H groups in total. The van der Waals surface area contributed by atoms with Crippen molar-refractivity contribution in [3.63, 3.8) is 0 Å². The van der Waals surface area contributed by atoms with Crippen molar-refractivity contribution >= 4 is 23.2 Å². The van der Waals surface area contributed by atoms with Crippen molar-refractivity contribution in [2.45, 2.75) is 26.4 Å². The second-order valence-electron chi connectivity index (χ2n) is 6.06. The summed E-state index contributed by atoms with van der Waals surface area (Å²) in [6.07, 6.45) is 2.14. The lowest BCUT2D eigenvalue weighted by Gasteiger charge is -2.07. The molecule has 0 bridgehead atoms. The van der Waals surface area contributed by atoms with Crippen LogP contribution < -0.4 is 10.1 Å². The summed E-state index contributed by atoms with van der Waals surface area (Å²) in [5.41, 5.74) is 1.49. The zero-order valence-electron chi connectivity index (χ0n) is 14.9. The van der Waals surface area contributed by atoms with E-state index in [9.17, 15) is 9.90 Å². The first-order chi connectivity index (χ1) is 13.0. The third kappa shape index (κ3) is 5.05. The zero-order chi connectivity index (χ0) is 19.2. The van der Waals surface area contributed by atoms with Crippen LogP contribution in [0.1, 0.15) is 35.2 Å². The molecule has 3 rings (SSSR count). The second-order valence-corrected chi connectivity index (χ2v) is 6.50. The third-order valence-corrected chi connectivity index (χ3v) is 4.17. The van der Waals surface area contributed by atoms with E-state index in [-0.39, 0.29) is 23.8 Å². The first-order valence-corrected chi connectivity index (χ1v) is 9.03. The van der Waals surface area contributed by atoms with Gasteiger partial charge in [0.05, 0.1) is 5.69 Å². The highest BCUT2D eigenvalue weighted by molar-refractivity contribution is 6.31. The Morgan fingerprint density at radius 3 is 2.67 bits per heavy atom. The average molecular weight is 386 g/mol. The van der Waals surface area contributed by atoms with Gasteiger partial charge in [-0.3, -0.25) is 4.79 Å². The van der Waals surface area contributed by atoms with Gasteiger partial charge in [-0.25, -0.2) is 0 Å². The first kappa shape index (κ1) is 18.9. The molecule has 1 aromatic heterocycles. The quantitative estimate of drug-likeness (QED) is 0.532. The Bertz CT molecular complexity index is 918. The molecule has 27 heavy (non-hydrogen) atoms. The minimum absolute atomic E-state index is 0.0746. The van der Waals surface area contributed by atoms with Crippen LogP contribution in [-0.2, 0) is 13.0 Å². The number of anilines is 1. The first-order valence-electron chi connectivity index (χ1n) is 8.65. The normalized spacial score (nSPS) is 10.6. The number of halogens is 1. The standard InChI is InChI=1S/C21H20ClNO4/c1-2-3-14-4-7-16(8-5-14)26-13-17-9-11-20(27-17)21(25)23-18-12-15(22)6-10-19(18)24/h4-12,24H,2-3,13H2,1H3,(H,23,25). The molecule has 2 aromatic carbocycles. The molecule has 3 aromatic rings. The molecule has 5 nitrogen and oxygen atoms in total. The van der Waals surface area contributed by atoms with Crippen molar-refractivity contribution in [3.05, 3.63) is 76.7 Å². The van der Waals surface area contributed by atoms with Crippen molar-refractivity contribution in [1.82, 2.24) is 0 Å². The largest absolute Gasteiger partial charge is 0.506 e. The molecule has 0 saturated heterocycles. The molecule has 1 amide bonds. The summed E-state index contributed by atoms with van der Waals surface area (Å²) in [7, 11) is 0. The highest BCUT2D eigenvalue weighted by Gasteiger charge is 2.14. The fraction of sp³-hybridized carbons (Fsp3) is 0.190. The van der Waals surface area contributed by atoms with Crippen LogP contribution in [0, 0.1) is 0 Å². The van der Waals surface area contributed by atoms with E-state index in [4.69, 9.17) is 20.8 Å². The van der Waals surface area contributed by atoms with Gasteiger partial charge in [0.15, 0.2) is 5.76 Å². The van der Waals surface area contributed by atoms with Gasteiger partial charge in [-0.15, -0.1) is 0 Å². The van der Waals surface area contributed by atoms with Crippen LogP contribution in [0.4, 0.5) is 5.69 Å². The maximum Gasteiger partial charge on any atom is 0.291 e. The Morgan fingerprint density at radius 2 is 1.93 bits per heavy atom. The lowest BCUT2D eigenvalue weighted by molar-refractivity contribution is 0.0992. The lowest BCUT2D eigenvalue weighted by Crippen LogP contribution is -2.11. The van der Waals surface area contributed by atoms with Gasteiger partial charge < -0.3 is 19.6 Å². The topological polar surface area (TPSA) is 71.7 Å². The van der Waals surface area contributed by atoms with E-state index in [1.807, 2.05) is 24.3 Å². The van der Waals surface area contributed by atoms with Gasteiger partial charge in [0.25, 0.3) is 5.91 Å². The van der Waals surface area contributed by atoms with Crippen LogP contribution in [0.3, 0.4) is 0 Å². The molecule has 140 valence electrons. The van der Waals surface area contributed by atoms with E-state index in [0.717, 1.165) is 18.6 Å². The number of hydrogen-bond acceptors (Lipinski definition) is 4. The number of phenols is 1. The van der Waals surface area contributed by atoms with Crippen molar-refractivity contribution in [1.29, 1.82) is 0 Å². The van der Waals surface area contributed by atoms with E-state index in [0.29, 0.717) is 10.8 Å². The number of aromatic hydroxyl groups is 1. The number of hydrogen-bond donors (Lipinski definition) is 2. The van der Waals surface area contributed by atoms with Crippen LogP contribution in [-0.4, -0.2) is 11.0 Å². The van der Waals surface area contributed by atoms with Crippen LogP contribution in [0.5, 0.6) is 11.5 Å². The highest BCUT2D eigenvalue weighted by atomic mass is 35.5. The summed E-state index contributed by atoms with van der Waals surface area (Å²) in [4.78, 5) is 12.3. The van der Waals surface area contributed by atoms with Gasteiger partial charge in [0, 0.05) is 5.02 Å². The predicted octanol–water partition coefficient (Wildman–Crippen LogP) is 5.42. The molecule has 0 aliphatic carbocycles. The Hall–Kier alpha value is -2.92. The molecule has 6 heteroatoms. The van der Waals surface area contributed by atoms with E-state index >= 15 is 0 Å². The third-order valence-electron chi connectivity index (χ3n) is 3.94. The summed E-state index contributed by atoms with van der Waals surface area (Å²) in [6.45, 7) is 2.35. The minimum atomic E-state index is -0.484. The summed E-state index contributed by atoms with van der Waals surface area (Å²) >= 11 is 5.87. The van der Waals surface area contributed by atoms with Crippen LogP contribution in [0.25, 0.3) is 0 Å². The molecular formula is C21H20ClNO4. The van der Waals surface area contributed by atoms with Crippen LogP contribution in [0.15, 0.2) is 59.0 Å². The molecule has 0 radical (unpaired) electrons. The smallest absolute Gasteiger partial charge is 0.291 e. The summed E-state index contributed by atoms with van der Waals surface area (Å²) < 4.78 is 11.2. The maximum atomic E-state index is 12.3. The number of ether oxygens (including phenoxy) is 1. The highest BCUT2D eigenvalue weighted by Crippen LogP contribution is 2.27. The zero-order valence-corrected chi connectivity index (χ0v) is 15.6. The summed E-state index contributed by atoms with van der Waals surface area (Å²) in [5.74, 6) is 0.817. The number of amides is 1. The minimum Gasteiger partial charge on any atom is -0.506 e. The molecule has 0 unspecified atom stereocenters. The van der Waals surface area contributed by atoms with E-state index in [1.54, 1.807) is 12.1 Å². The van der Waals surface area contributed by atoms with Crippen molar-refractivity contribution in [2.24, 2.45) is 0 Å². The fourth-order valence-corrected chi connectivity index (χ4v) is 2.74. The number of rotatable bonds is 7. The Morgan fingerprint density at radius 1 is 1.15 bits per heavy atom. The van der Waals surface area contributed by atoms with Crippen molar-refractivity contribution in [3.8, 4) is 11.5 Å². The number of carbonyl (C=O) groups excluding carboxylic acids is 1. The lowest BCUT2D eigenvalue weighted by atomic mass is 10.1. The van der Waals surface area contributed by atoms with Gasteiger partial charge in [0.1, 0.15) is 23.9 Å². The Balaban J connectivity index is 1.59. The van der Waals surface area contributed by atoms with E-state index in [2.05, 4.69) is 12.2 Å². The van der Waals surface area contributed by atoms with Gasteiger partial charge >= 0.3 is 0 Å². The molecule has 0 saturated carbocycles. The molecule has 0 aliphatic rings. The summed E-state index contributed by atoms with van der Waals surface area (Å²) in [6, 6.07) is 15.6. The number of furan rings is 1.